The molecule has 82 valence electrons. The third-order valence-electron chi connectivity index (χ3n) is 2.25. The van der Waals surface area contributed by atoms with Crippen LogP contribution in [0.4, 0.5) is 0 Å². The summed E-state index contributed by atoms with van der Waals surface area (Å²) in [6.45, 7) is 5.77. The third-order valence-corrected chi connectivity index (χ3v) is 2.59. The van der Waals surface area contributed by atoms with Crippen molar-refractivity contribution in [1.82, 2.24) is 4.98 Å². The molecule has 1 aromatic rings. The fraction of sp³-hybridized carbons (Fsp3) is 0.500. The van der Waals surface area contributed by atoms with E-state index in [0.29, 0.717) is 11.4 Å². The van der Waals surface area contributed by atoms with Crippen molar-refractivity contribution >= 4 is 17.4 Å². The summed E-state index contributed by atoms with van der Waals surface area (Å²) in [6, 6.07) is 1.91. The fourth-order valence-electron chi connectivity index (χ4n) is 1.80. The number of carbonyl (C=O) groups is 1. The lowest BCUT2D eigenvalue weighted by Crippen LogP contribution is -2.18. The molecule has 0 radical (unpaired) electrons. The van der Waals surface area contributed by atoms with Gasteiger partial charge in [0.2, 0.25) is 0 Å². The fourth-order valence-corrected chi connectivity index (χ4v) is 1.99. The number of nitrogens with zero attached hydrogens (tertiary/aromatic N) is 1. The first-order chi connectivity index (χ1) is 6.91. The summed E-state index contributed by atoms with van der Waals surface area (Å²) in [5.41, 5.74) is 1.01. The summed E-state index contributed by atoms with van der Waals surface area (Å²) >= 11 is 6.02. The molecule has 15 heavy (non-hydrogen) atoms. The minimum atomic E-state index is -0.0448. The van der Waals surface area contributed by atoms with Crippen LogP contribution in [0.5, 0.6) is 0 Å². The van der Waals surface area contributed by atoms with E-state index in [1.165, 1.54) is 0 Å². The number of halogens is 1. The van der Waals surface area contributed by atoms with Crippen LogP contribution in [0.3, 0.4) is 0 Å². The number of hydrogen-bond acceptors (Lipinski definition) is 2. The van der Waals surface area contributed by atoms with Crippen LogP contribution in [0.25, 0.3) is 0 Å². The topological polar surface area (TPSA) is 30.0 Å². The lowest BCUT2D eigenvalue weighted by Gasteiger charge is -2.23. The Hall–Kier alpha value is -0.890. The Morgan fingerprint density at radius 1 is 1.53 bits per heavy atom. The molecule has 0 aliphatic carbocycles. The van der Waals surface area contributed by atoms with Gasteiger partial charge in [0.25, 0.3) is 0 Å². The zero-order valence-corrected chi connectivity index (χ0v) is 10.1. The molecule has 2 nitrogen and oxygen atoms in total. The van der Waals surface area contributed by atoms with Gasteiger partial charge in [-0.2, -0.15) is 0 Å². The quantitative estimate of drug-likeness (QED) is 0.787. The molecule has 0 fully saturated rings. The predicted molar refractivity (Wildman–Crippen MR) is 62.0 cm³/mol. The number of hydrogen-bond donors (Lipinski definition) is 0. The van der Waals surface area contributed by atoms with Gasteiger partial charge in [-0.15, -0.1) is 0 Å². The average molecular weight is 226 g/mol. The standard InChI is InChI=1S/C12H16ClNO/c1-9(15)6-12(2,3)7-10-4-5-14-8-11(10)13/h4-5,8H,6-7H2,1-3H3. The van der Waals surface area contributed by atoms with Crippen LogP contribution < -0.4 is 0 Å². The predicted octanol–water partition coefficient (Wildman–Crippen LogP) is 3.28. The van der Waals surface area contributed by atoms with E-state index in [9.17, 15) is 4.79 Å². The highest BCUT2D eigenvalue weighted by molar-refractivity contribution is 6.31. The van der Waals surface area contributed by atoms with Crippen LogP contribution >= 0.6 is 11.6 Å². The molecule has 0 aromatic carbocycles. The Labute approximate surface area is 95.7 Å². The maximum absolute atomic E-state index is 11.1. The van der Waals surface area contributed by atoms with Crippen molar-refractivity contribution in [3.8, 4) is 0 Å². The van der Waals surface area contributed by atoms with E-state index >= 15 is 0 Å². The second-order valence-electron chi connectivity index (χ2n) is 4.69. The number of ketones is 1. The molecule has 1 aromatic heterocycles. The van der Waals surface area contributed by atoms with Crippen molar-refractivity contribution in [3.63, 3.8) is 0 Å². The molecule has 0 N–H and O–H groups in total. The summed E-state index contributed by atoms with van der Waals surface area (Å²) in [4.78, 5) is 15.0. The van der Waals surface area contributed by atoms with Crippen molar-refractivity contribution < 1.29 is 4.79 Å². The Morgan fingerprint density at radius 3 is 2.73 bits per heavy atom. The highest BCUT2D eigenvalue weighted by Crippen LogP contribution is 2.28. The molecule has 0 saturated heterocycles. The molecular formula is C12H16ClNO. The molecule has 1 rings (SSSR count). The summed E-state index contributed by atoms with van der Waals surface area (Å²) in [5.74, 6) is 0.213. The monoisotopic (exact) mass is 225 g/mol. The molecule has 0 bridgehead atoms. The molecule has 0 aliphatic heterocycles. The lowest BCUT2D eigenvalue weighted by atomic mass is 9.82. The van der Waals surface area contributed by atoms with Crippen molar-refractivity contribution in [1.29, 1.82) is 0 Å². The van der Waals surface area contributed by atoms with Crippen LogP contribution in [0.15, 0.2) is 18.5 Å². The van der Waals surface area contributed by atoms with Gasteiger partial charge in [-0.25, -0.2) is 0 Å². The summed E-state index contributed by atoms with van der Waals surface area (Å²) in [5, 5.41) is 0.675. The van der Waals surface area contributed by atoms with Gasteiger partial charge in [0.15, 0.2) is 0 Å². The molecule has 0 aliphatic rings. The molecule has 0 atom stereocenters. The van der Waals surface area contributed by atoms with Gasteiger partial charge in [0.05, 0.1) is 5.02 Å². The van der Waals surface area contributed by atoms with E-state index < -0.39 is 0 Å². The van der Waals surface area contributed by atoms with Gasteiger partial charge < -0.3 is 4.79 Å². The zero-order valence-electron chi connectivity index (χ0n) is 9.38. The first-order valence-corrected chi connectivity index (χ1v) is 5.36. The first kappa shape index (κ1) is 12.2. The van der Waals surface area contributed by atoms with E-state index in [0.717, 1.165) is 12.0 Å². The highest BCUT2D eigenvalue weighted by Gasteiger charge is 2.21. The van der Waals surface area contributed by atoms with Crippen molar-refractivity contribution in [3.05, 3.63) is 29.0 Å². The Bertz CT molecular complexity index is 360. The molecule has 0 unspecified atom stereocenters. The molecule has 1 heterocycles. The normalized spacial score (nSPS) is 11.5. The SMILES string of the molecule is CC(=O)CC(C)(C)Cc1ccncc1Cl. The van der Waals surface area contributed by atoms with Crippen molar-refractivity contribution in [2.45, 2.75) is 33.6 Å². The van der Waals surface area contributed by atoms with E-state index in [2.05, 4.69) is 18.8 Å². The van der Waals surface area contributed by atoms with Gasteiger partial charge in [-0.1, -0.05) is 25.4 Å². The van der Waals surface area contributed by atoms with E-state index in [-0.39, 0.29) is 11.2 Å². The van der Waals surface area contributed by atoms with Crippen LogP contribution in [-0.4, -0.2) is 10.8 Å². The minimum Gasteiger partial charge on any atom is -0.300 e. The molecule has 0 amide bonds. The second kappa shape index (κ2) is 4.75. The van der Waals surface area contributed by atoms with Crippen molar-refractivity contribution in [2.75, 3.05) is 0 Å². The van der Waals surface area contributed by atoms with Gasteiger partial charge in [-0.05, 0) is 30.4 Å². The van der Waals surface area contributed by atoms with E-state index in [1.54, 1.807) is 19.3 Å². The smallest absolute Gasteiger partial charge is 0.130 e. The van der Waals surface area contributed by atoms with Gasteiger partial charge in [0.1, 0.15) is 5.78 Å². The highest BCUT2D eigenvalue weighted by atomic mass is 35.5. The zero-order chi connectivity index (χ0) is 11.5. The largest absolute Gasteiger partial charge is 0.300 e. The van der Waals surface area contributed by atoms with Gasteiger partial charge in [0, 0.05) is 18.8 Å². The number of rotatable bonds is 4. The Morgan fingerprint density at radius 2 is 2.20 bits per heavy atom. The average Bonchev–Trinajstić information content (AvgIpc) is 2.06. The Balaban J connectivity index is 2.77. The summed E-state index contributed by atoms with van der Waals surface area (Å²) in [7, 11) is 0. The maximum Gasteiger partial charge on any atom is 0.130 e. The number of aromatic nitrogens is 1. The lowest BCUT2D eigenvalue weighted by molar-refractivity contribution is -0.118. The maximum atomic E-state index is 11.1. The first-order valence-electron chi connectivity index (χ1n) is 4.98. The number of carbonyl (C=O) groups excluding carboxylic acids is 1. The number of Topliss-reactive ketones (excluding diaryl/α,β-unsaturated/α-hetero) is 1. The Kier molecular flexibility index (Phi) is 3.86. The van der Waals surface area contributed by atoms with Crippen molar-refractivity contribution in [2.24, 2.45) is 5.41 Å². The summed E-state index contributed by atoms with van der Waals surface area (Å²) in [6.07, 6.45) is 4.74. The van der Waals surface area contributed by atoms with Gasteiger partial charge in [-0.3, -0.25) is 4.98 Å². The van der Waals surface area contributed by atoms with Crippen LogP contribution in [0.2, 0.25) is 5.02 Å². The minimum absolute atomic E-state index is 0.0448. The molecule has 0 saturated carbocycles. The third kappa shape index (κ3) is 4.00. The van der Waals surface area contributed by atoms with E-state index in [1.807, 2.05) is 6.07 Å². The van der Waals surface area contributed by atoms with Crippen LogP contribution in [0.1, 0.15) is 32.8 Å². The van der Waals surface area contributed by atoms with Gasteiger partial charge >= 0.3 is 0 Å². The molecule has 3 heteroatoms. The second-order valence-corrected chi connectivity index (χ2v) is 5.09. The molecular weight excluding hydrogens is 210 g/mol. The summed E-state index contributed by atoms with van der Waals surface area (Å²) < 4.78 is 0. The van der Waals surface area contributed by atoms with Crippen LogP contribution in [0, 0.1) is 5.41 Å². The molecule has 0 spiro atoms. The van der Waals surface area contributed by atoms with E-state index in [4.69, 9.17) is 11.6 Å². The number of pyridine rings is 1. The van der Waals surface area contributed by atoms with Crippen LogP contribution in [-0.2, 0) is 11.2 Å².